The molecule has 0 aromatic heterocycles. The lowest BCUT2D eigenvalue weighted by molar-refractivity contribution is -0.385. The number of para-hydroxylation sites is 2. The maximum absolute atomic E-state index is 13.6. The maximum atomic E-state index is 13.6. The standard InChI is InChI=1S/C32H23ClN2O8/c33-23-5-3-7-25(35(40)41)29(23)43-17-10-8-16(9-11-17)26(36)15-42-32(39)20-4-1-2-6-24(20)34-30(37)27-18-12-13-19(22-14-21(18)22)28(27)31(34)38/h1-13,18-19,21-22,27-28H,14-15H2/t18-,19-,21-,22+,27-,28+/m0/s1. The molecule has 3 fully saturated rings. The first-order valence-electron chi connectivity index (χ1n) is 13.8. The number of imide groups is 1. The Morgan fingerprint density at radius 2 is 1.56 bits per heavy atom. The van der Waals surface area contributed by atoms with Crippen LogP contribution in [0.25, 0.3) is 0 Å². The highest BCUT2D eigenvalue weighted by molar-refractivity contribution is 6.32. The molecule has 5 aliphatic rings. The van der Waals surface area contributed by atoms with Crippen molar-refractivity contribution < 1.29 is 33.6 Å². The van der Waals surface area contributed by atoms with Crippen LogP contribution in [-0.4, -0.2) is 35.1 Å². The third-order valence-corrected chi connectivity index (χ3v) is 9.20. The summed E-state index contributed by atoms with van der Waals surface area (Å²) in [7, 11) is 0. The molecule has 0 unspecified atom stereocenters. The Balaban J connectivity index is 1.03. The number of hydrogen-bond donors (Lipinski definition) is 0. The number of halogens is 1. The summed E-state index contributed by atoms with van der Waals surface area (Å²) in [4.78, 5) is 64.9. The van der Waals surface area contributed by atoms with Gasteiger partial charge in [0.25, 0.3) is 0 Å². The van der Waals surface area contributed by atoms with Crippen molar-refractivity contribution in [1.82, 2.24) is 0 Å². The van der Waals surface area contributed by atoms with Gasteiger partial charge in [-0.1, -0.05) is 42.0 Å². The van der Waals surface area contributed by atoms with Crippen LogP contribution < -0.4 is 9.64 Å². The Morgan fingerprint density at radius 1 is 0.907 bits per heavy atom. The first kappa shape index (κ1) is 27.0. The summed E-state index contributed by atoms with van der Waals surface area (Å²) in [5, 5.41) is 11.4. The normalized spacial score (nSPS) is 26.1. The third kappa shape index (κ3) is 4.40. The SMILES string of the molecule is O=C(COC(=O)c1ccccc1N1C(=O)[C@@H]2[C@H]3C=C[C@@H]([C@@H]4C[C@H]34)[C@@H]2C1=O)c1ccc(Oc2c(Cl)cccc2[N+](=O)[O-])cc1. The number of carbonyl (C=O) groups is 4. The molecule has 11 heteroatoms. The molecule has 1 heterocycles. The van der Waals surface area contributed by atoms with Crippen LogP contribution >= 0.6 is 11.6 Å². The highest BCUT2D eigenvalue weighted by Crippen LogP contribution is 2.65. The summed E-state index contributed by atoms with van der Waals surface area (Å²) in [6.45, 7) is -0.589. The van der Waals surface area contributed by atoms with Crippen LogP contribution in [0.5, 0.6) is 11.5 Å². The number of benzene rings is 3. The number of esters is 1. The van der Waals surface area contributed by atoms with Gasteiger partial charge >= 0.3 is 11.7 Å². The quantitative estimate of drug-likeness (QED) is 0.0812. The van der Waals surface area contributed by atoms with E-state index in [4.69, 9.17) is 21.1 Å². The van der Waals surface area contributed by atoms with Crippen LogP contribution in [0.1, 0.15) is 27.1 Å². The highest BCUT2D eigenvalue weighted by atomic mass is 35.5. The van der Waals surface area contributed by atoms with E-state index >= 15 is 0 Å². The maximum Gasteiger partial charge on any atom is 0.340 e. The number of rotatable bonds is 8. The van der Waals surface area contributed by atoms with E-state index in [9.17, 15) is 29.3 Å². The Labute approximate surface area is 250 Å². The number of allylic oxidation sites excluding steroid dienone is 2. The van der Waals surface area contributed by atoms with E-state index < -0.39 is 35.1 Å². The molecule has 3 aromatic rings. The predicted octanol–water partition coefficient (Wildman–Crippen LogP) is 5.64. The fourth-order valence-corrected chi connectivity index (χ4v) is 7.10. The second kappa shape index (κ2) is 10.2. The van der Waals surface area contributed by atoms with E-state index in [2.05, 4.69) is 12.2 Å². The predicted molar refractivity (Wildman–Crippen MR) is 153 cm³/mol. The lowest BCUT2D eigenvalue weighted by atomic mass is 9.63. The van der Waals surface area contributed by atoms with E-state index in [0.29, 0.717) is 11.8 Å². The van der Waals surface area contributed by atoms with Crippen molar-refractivity contribution in [1.29, 1.82) is 0 Å². The lowest BCUT2D eigenvalue weighted by Gasteiger charge is -2.37. The van der Waals surface area contributed by atoms with E-state index in [1.54, 1.807) is 18.2 Å². The topological polar surface area (TPSA) is 133 Å². The van der Waals surface area contributed by atoms with Gasteiger partial charge in [0.05, 0.1) is 33.0 Å². The van der Waals surface area contributed by atoms with Gasteiger partial charge in [-0.25, -0.2) is 9.69 Å². The van der Waals surface area contributed by atoms with Gasteiger partial charge in [-0.15, -0.1) is 0 Å². The van der Waals surface area contributed by atoms with Crippen molar-refractivity contribution >= 4 is 46.5 Å². The summed E-state index contributed by atoms with van der Waals surface area (Å²) in [5.41, 5.74) is 0.0768. The van der Waals surface area contributed by atoms with E-state index in [1.165, 1.54) is 48.5 Å². The molecule has 43 heavy (non-hydrogen) atoms. The van der Waals surface area contributed by atoms with E-state index in [1.807, 2.05) is 0 Å². The molecule has 2 amide bonds. The van der Waals surface area contributed by atoms with Crippen molar-refractivity contribution in [3.8, 4) is 11.5 Å². The molecule has 216 valence electrons. The van der Waals surface area contributed by atoms with Gasteiger partial charge in [-0.3, -0.25) is 24.5 Å². The third-order valence-electron chi connectivity index (χ3n) is 8.90. The minimum absolute atomic E-state index is 0.0196. The number of amides is 2. The average Bonchev–Trinajstić information content (AvgIpc) is 3.79. The van der Waals surface area contributed by atoms with Crippen LogP contribution in [0.4, 0.5) is 11.4 Å². The number of ketones is 1. The Kier molecular flexibility index (Phi) is 6.39. The van der Waals surface area contributed by atoms with Crippen molar-refractivity contribution in [2.24, 2.45) is 35.5 Å². The number of hydrogen-bond acceptors (Lipinski definition) is 8. The molecule has 4 aliphatic carbocycles. The molecule has 2 bridgehead atoms. The van der Waals surface area contributed by atoms with Gasteiger partial charge in [-0.05, 0) is 72.6 Å². The second-order valence-corrected chi connectivity index (χ2v) is 11.6. The number of ether oxygens (including phenoxy) is 2. The van der Waals surface area contributed by atoms with Gasteiger partial charge in [0.2, 0.25) is 17.6 Å². The minimum atomic E-state index is -0.839. The second-order valence-electron chi connectivity index (χ2n) is 11.2. The van der Waals surface area contributed by atoms with Crippen molar-refractivity contribution in [2.45, 2.75) is 6.42 Å². The first-order valence-corrected chi connectivity index (χ1v) is 14.2. The van der Waals surface area contributed by atoms with Crippen molar-refractivity contribution in [3.05, 3.63) is 105 Å². The molecule has 0 radical (unpaired) electrons. The van der Waals surface area contributed by atoms with Crippen LogP contribution in [0.3, 0.4) is 0 Å². The number of nitro groups is 1. The zero-order valence-corrected chi connectivity index (χ0v) is 23.2. The molecule has 10 nitrogen and oxygen atoms in total. The van der Waals surface area contributed by atoms with E-state index in [0.717, 1.165) is 11.3 Å². The molecule has 1 aliphatic heterocycles. The zero-order chi connectivity index (χ0) is 30.0. The summed E-state index contributed by atoms with van der Waals surface area (Å²) in [6.07, 6.45) is 5.21. The summed E-state index contributed by atoms with van der Waals surface area (Å²) in [6, 6.07) is 16.1. The molecule has 0 N–H and O–H groups in total. The van der Waals surface area contributed by atoms with Crippen LogP contribution in [0.2, 0.25) is 5.02 Å². The monoisotopic (exact) mass is 598 g/mol. The number of nitrogens with zero attached hydrogens (tertiary/aromatic N) is 2. The fourth-order valence-electron chi connectivity index (χ4n) is 6.90. The van der Waals surface area contributed by atoms with Gasteiger partial charge in [0.15, 0.2) is 12.4 Å². The average molecular weight is 599 g/mol. The van der Waals surface area contributed by atoms with Gasteiger partial charge in [0.1, 0.15) is 5.75 Å². The van der Waals surface area contributed by atoms with Gasteiger partial charge < -0.3 is 9.47 Å². The number of carbonyl (C=O) groups excluding carboxylic acids is 4. The summed E-state index contributed by atoms with van der Waals surface area (Å²) in [5.74, 6) is -1.66. The van der Waals surface area contributed by atoms with Gasteiger partial charge in [0, 0.05) is 11.6 Å². The largest absolute Gasteiger partial charge is 0.454 e. The minimum Gasteiger partial charge on any atom is -0.454 e. The van der Waals surface area contributed by atoms with Crippen LogP contribution in [0.15, 0.2) is 78.9 Å². The molecule has 8 rings (SSSR count). The molecule has 6 atom stereocenters. The molecule has 0 spiro atoms. The molecule has 1 saturated heterocycles. The molecule has 3 aromatic carbocycles. The van der Waals surface area contributed by atoms with Crippen LogP contribution in [0, 0.1) is 45.6 Å². The molecule has 2 saturated carbocycles. The van der Waals surface area contributed by atoms with E-state index in [-0.39, 0.29) is 62.7 Å². The Morgan fingerprint density at radius 3 is 2.21 bits per heavy atom. The van der Waals surface area contributed by atoms with Crippen molar-refractivity contribution in [3.63, 3.8) is 0 Å². The number of anilines is 1. The molecular formula is C32H23ClN2O8. The van der Waals surface area contributed by atoms with Crippen LogP contribution in [-0.2, 0) is 14.3 Å². The number of Topliss-reactive ketones (excluding diaryl/α,β-unsaturated/α-hetero) is 1. The smallest absolute Gasteiger partial charge is 0.340 e. The first-order chi connectivity index (χ1) is 20.7. The molecular weight excluding hydrogens is 576 g/mol. The summed E-state index contributed by atoms with van der Waals surface area (Å²) < 4.78 is 10.9. The number of nitro benzene ring substituents is 1. The Hall–Kier alpha value is -4.83. The fraction of sp³-hybridized carbons (Fsp3) is 0.250. The zero-order valence-electron chi connectivity index (χ0n) is 22.4. The lowest BCUT2D eigenvalue weighted by Crippen LogP contribution is -2.40. The summed E-state index contributed by atoms with van der Waals surface area (Å²) >= 11 is 6.07. The van der Waals surface area contributed by atoms with Gasteiger partial charge in [-0.2, -0.15) is 0 Å². The Bertz CT molecular complexity index is 1720. The van der Waals surface area contributed by atoms with Crippen molar-refractivity contribution in [2.75, 3.05) is 11.5 Å². The highest BCUT2D eigenvalue weighted by Gasteiger charge is 2.67.